The van der Waals surface area contributed by atoms with Gasteiger partial charge in [0.05, 0.1) is 17.6 Å². The second-order valence-electron chi connectivity index (χ2n) is 5.74. The zero-order chi connectivity index (χ0) is 16.3. The Morgan fingerprint density at radius 3 is 2.77 bits per heavy atom. The molecular formula is C15H22N2O4S. The molecule has 1 fully saturated rings. The molecule has 0 spiro atoms. The number of nitrogens with zero attached hydrogens (tertiary/aromatic N) is 1. The molecule has 0 saturated carbocycles. The van der Waals surface area contributed by atoms with Crippen molar-refractivity contribution in [1.29, 1.82) is 0 Å². The van der Waals surface area contributed by atoms with Gasteiger partial charge >= 0.3 is 0 Å². The smallest absolute Gasteiger partial charge is 0.254 e. The third-order valence-corrected chi connectivity index (χ3v) is 4.97. The lowest BCUT2D eigenvalue weighted by molar-refractivity contribution is -0.0124. The van der Waals surface area contributed by atoms with Crippen molar-refractivity contribution < 1.29 is 17.9 Å². The predicted octanol–water partition coefficient (Wildman–Crippen LogP) is 1.23. The van der Waals surface area contributed by atoms with E-state index in [0.717, 1.165) is 0 Å². The topological polar surface area (TPSA) is 75.7 Å². The van der Waals surface area contributed by atoms with Gasteiger partial charge in [0.1, 0.15) is 0 Å². The molecule has 1 N–H and O–H groups in total. The average molecular weight is 326 g/mol. The number of morpholine rings is 1. The molecule has 7 heteroatoms. The number of sulfonamides is 1. The molecular weight excluding hydrogens is 304 g/mol. The highest BCUT2D eigenvalue weighted by Crippen LogP contribution is 2.15. The molecule has 6 nitrogen and oxygen atoms in total. The van der Waals surface area contributed by atoms with Crippen LogP contribution >= 0.6 is 0 Å². The summed E-state index contributed by atoms with van der Waals surface area (Å²) in [6.45, 7) is 6.94. The molecule has 0 radical (unpaired) electrons. The maximum atomic E-state index is 12.5. The molecule has 1 aliphatic heterocycles. The minimum absolute atomic E-state index is 0.00720. The van der Waals surface area contributed by atoms with E-state index in [2.05, 4.69) is 4.72 Å². The van der Waals surface area contributed by atoms with Crippen molar-refractivity contribution in [3.05, 3.63) is 29.8 Å². The summed E-state index contributed by atoms with van der Waals surface area (Å²) in [6, 6.07) is 5.93. The third-order valence-electron chi connectivity index (χ3n) is 3.31. The molecule has 1 aromatic rings. The van der Waals surface area contributed by atoms with Crippen LogP contribution in [0, 0.1) is 0 Å². The summed E-state index contributed by atoms with van der Waals surface area (Å²) < 4.78 is 32.3. The van der Waals surface area contributed by atoms with E-state index in [1.54, 1.807) is 30.9 Å². The predicted molar refractivity (Wildman–Crippen MR) is 83.2 cm³/mol. The van der Waals surface area contributed by atoms with E-state index in [-0.39, 0.29) is 22.9 Å². The average Bonchev–Trinajstić information content (AvgIpc) is 2.45. The van der Waals surface area contributed by atoms with Gasteiger partial charge in [-0.3, -0.25) is 4.79 Å². The Balaban J connectivity index is 2.23. The fourth-order valence-electron chi connectivity index (χ4n) is 2.36. The van der Waals surface area contributed by atoms with Crippen molar-refractivity contribution in [1.82, 2.24) is 9.62 Å². The first kappa shape index (κ1) is 16.9. The van der Waals surface area contributed by atoms with Crippen LogP contribution in [0.15, 0.2) is 29.2 Å². The summed E-state index contributed by atoms with van der Waals surface area (Å²) in [5.41, 5.74) is 0.376. The molecule has 1 aromatic carbocycles. The Bertz CT molecular complexity index is 643. The largest absolute Gasteiger partial charge is 0.375 e. The lowest BCUT2D eigenvalue weighted by Crippen LogP contribution is -2.44. The molecule has 0 aliphatic carbocycles. The summed E-state index contributed by atoms with van der Waals surface area (Å²) >= 11 is 0. The van der Waals surface area contributed by atoms with Gasteiger partial charge in [-0.1, -0.05) is 6.07 Å². The molecule has 1 amide bonds. The normalized spacial score (nSPS) is 19.5. The van der Waals surface area contributed by atoms with E-state index >= 15 is 0 Å². The summed E-state index contributed by atoms with van der Waals surface area (Å²) in [4.78, 5) is 14.3. The van der Waals surface area contributed by atoms with Crippen molar-refractivity contribution >= 4 is 15.9 Å². The van der Waals surface area contributed by atoms with Gasteiger partial charge in [-0.25, -0.2) is 13.1 Å². The van der Waals surface area contributed by atoms with Crippen LogP contribution in [-0.4, -0.2) is 51.1 Å². The van der Waals surface area contributed by atoms with Crippen LogP contribution in [0.4, 0.5) is 0 Å². The molecule has 2 rings (SSSR count). The molecule has 1 heterocycles. The van der Waals surface area contributed by atoms with Gasteiger partial charge in [-0.2, -0.15) is 0 Å². The van der Waals surface area contributed by atoms with Crippen molar-refractivity contribution in [2.24, 2.45) is 0 Å². The van der Waals surface area contributed by atoms with Crippen LogP contribution in [0.2, 0.25) is 0 Å². The quantitative estimate of drug-likeness (QED) is 0.903. The molecule has 1 saturated heterocycles. The van der Waals surface area contributed by atoms with Gasteiger partial charge in [-0.15, -0.1) is 0 Å². The molecule has 122 valence electrons. The number of rotatable bonds is 4. The lowest BCUT2D eigenvalue weighted by Gasteiger charge is -2.31. The van der Waals surface area contributed by atoms with Gasteiger partial charge in [0, 0.05) is 24.7 Å². The number of ether oxygens (including phenoxy) is 1. The fourth-order valence-corrected chi connectivity index (χ4v) is 3.66. The molecule has 1 atom stereocenters. The number of hydrogen-bond acceptors (Lipinski definition) is 4. The van der Waals surface area contributed by atoms with Gasteiger partial charge in [-0.05, 0) is 39.0 Å². The van der Waals surface area contributed by atoms with Gasteiger partial charge in [0.2, 0.25) is 10.0 Å². The highest BCUT2D eigenvalue weighted by Gasteiger charge is 2.24. The summed E-state index contributed by atoms with van der Waals surface area (Å²) in [7, 11) is -3.60. The number of benzene rings is 1. The van der Waals surface area contributed by atoms with Crippen LogP contribution in [0.5, 0.6) is 0 Å². The van der Waals surface area contributed by atoms with Crippen LogP contribution in [0.1, 0.15) is 31.1 Å². The third kappa shape index (κ3) is 4.06. The van der Waals surface area contributed by atoms with Crippen molar-refractivity contribution in [3.8, 4) is 0 Å². The monoisotopic (exact) mass is 326 g/mol. The van der Waals surface area contributed by atoms with Gasteiger partial charge in [0.25, 0.3) is 5.91 Å². The number of hydrogen-bond donors (Lipinski definition) is 1. The lowest BCUT2D eigenvalue weighted by atomic mass is 10.2. The van der Waals surface area contributed by atoms with Crippen LogP contribution in [0.3, 0.4) is 0 Å². The molecule has 0 aromatic heterocycles. The maximum Gasteiger partial charge on any atom is 0.254 e. The summed E-state index contributed by atoms with van der Waals surface area (Å²) in [5.74, 6) is -0.170. The Morgan fingerprint density at radius 1 is 1.41 bits per heavy atom. The second-order valence-corrected chi connectivity index (χ2v) is 7.45. The highest BCUT2D eigenvalue weighted by atomic mass is 32.2. The molecule has 1 aliphatic rings. The molecule has 22 heavy (non-hydrogen) atoms. The number of amides is 1. The zero-order valence-corrected chi connectivity index (χ0v) is 13.9. The number of carbonyl (C=O) groups is 1. The maximum absolute atomic E-state index is 12.5. The minimum atomic E-state index is -3.60. The minimum Gasteiger partial charge on any atom is -0.375 e. The van der Waals surface area contributed by atoms with E-state index in [0.29, 0.717) is 25.3 Å². The van der Waals surface area contributed by atoms with Crippen molar-refractivity contribution in [2.75, 3.05) is 19.7 Å². The number of carbonyl (C=O) groups excluding carboxylic acids is 1. The van der Waals surface area contributed by atoms with E-state index < -0.39 is 10.0 Å². The zero-order valence-electron chi connectivity index (χ0n) is 13.1. The SMILES string of the molecule is CC(C)NS(=O)(=O)c1cccc(C(=O)N2CCO[C@@H](C)C2)c1. The molecule has 0 bridgehead atoms. The Kier molecular flexibility index (Phi) is 5.20. The Hall–Kier alpha value is -1.44. The van der Waals surface area contributed by atoms with E-state index in [1.165, 1.54) is 12.1 Å². The van der Waals surface area contributed by atoms with Crippen LogP contribution in [0.25, 0.3) is 0 Å². The first-order valence-electron chi connectivity index (χ1n) is 7.33. The Labute approximate surface area is 131 Å². The van der Waals surface area contributed by atoms with Gasteiger partial charge in [0.15, 0.2) is 0 Å². The first-order chi connectivity index (χ1) is 10.3. The second kappa shape index (κ2) is 6.76. The Morgan fingerprint density at radius 2 is 2.14 bits per heavy atom. The standard InChI is InChI=1S/C15H22N2O4S/c1-11(2)16-22(19,20)14-6-4-5-13(9-14)15(18)17-7-8-21-12(3)10-17/h4-6,9,11-12,16H,7-8,10H2,1-3H3/t12-/m0/s1. The van der Waals surface area contributed by atoms with Crippen LogP contribution in [-0.2, 0) is 14.8 Å². The van der Waals surface area contributed by atoms with E-state index in [4.69, 9.17) is 4.74 Å². The van der Waals surface area contributed by atoms with E-state index in [9.17, 15) is 13.2 Å². The first-order valence-corrected chi connectivity index (χ1v) is 8.81. The van der Waals surface area contributed by atoms with Crippen molar-refractivity contribution in [3.63, 3.8) is 0 Å². The van der Waals surface area contributed by atoms with Crippen molar-refractivity contribution in [2.45, 2.75) is 37.8 Å². The fraction of sp³-hybridized carbons (Fsp3) is 0.533. The van der Waals surface area contributed by atoms with Gasteiger partial charge < -0.3 is 9.64 Å². The summed E-state index contributed by atoms with van der Waals surface area (Å²) in [5, 5.41) is 0. The van der Waals surface area contributed by atoms with Crippen LogP contribution < -0.4 is 4.72 Å². The molecule has 0 unspecified atom stereocenters. The summed E-state index contributed by atoms with van der Waals surface area (Å²) in [6.07, 6.45) is -0.00720. The van der Waals surface area contributed by atoms with E-state index in [1.807, 2.05) is 6.92 Å². The highest BCUT2D eigenvalue weighted by molar-refractivity contribution is 7.89. The number of nitrogens with one attached hydrogen (secondary N) is 1.